The number of carbonyl (C=O) groups is 4. The Morgan fingerprint density at radius 2 is 1.46 bits per heavy atom. The van der Waals surface area contributed by atoms with Gasteiger partial charge in [0.1, 0.15) is 17.8 Å². The molecule has 1 aromatic carbocycles. The minimum absolute atomic E-state index is 0.0594. The minimum Gasteiger partial charge on any atom is -0.493 e. The molecule has 2 unspecified atom stereocenters. The zero-order valence-electron chi connectivity index (χ0n) is 35.9. The summed E-state index contributed by atoms with van der Waals surface area (Å²) in [6.45, 7) is 25.0. The van der Waals surface area contributed by atoms with E-state index in [9.17, 15) is 14.4 Å². The Balaban J connectivity index is -0.000000765. The van der Waals surface area contributed by atoms with Gasteiger partial charge in [0.25, 0.3) is 5.97 Å². The maximum atomic E-state index is 11.8. The van der Waals surface area contributed by atoms with Crippen LogP contribution in [0.2, 0.25) is 0 Å². The lowest BCUT2D eigenvalue weighted by Gasteiger charge is -2.25. The fourth-order valence-electron chi connectivity index (χ4n) is 5.38. The van der Waals surface area contributed by atoms with Gasteiger partial charge in [0.05, 0.1) is 6.61 Å². The number of rotatable bonds is 21. The summed E-state index contributed by atoms with van der Waals surface area (Å²) >= 11 is 0. The Morgan fingerprint density at radius 3 is 1.94 bits per heavy atom. The second-order valence-electron chi connectivity index (χ2n) is 14.3. The number of fused-ring (bicyclic) bond motifs is 1. The number of benzene rings is 1. The lowest BCUT2D eigenvalue weighted by atomic mass is 9.85. The molecule has 304 valence electrons. The van der Waals surface area contributed by atoms with Crippen molar-refractivity contribution in [2.45, 2.75) is 146 Å². The van der Waals surface area contributed by atoms with Crippen molar-refractivity contribution < 1.29 is 29.0 Å². The number of amides is 1. The molecule has 0 fully saturated rings. The summed E-state index contributed by atoms with van der Waals surface area (Å²) in [5.74, 6) is 2.05. The quantitative estimate of drug-likeness (QED) is 0.0984. The number of ether oxygens (including phenoxy) is 1. The summed E-state index contributed by atoms with van der Waals surface area (Å²) in [4.78, 5) is 48.2. The lowest BCUT2D eigenvalue weighted by molar-refractivity contribution is -0.134. The van der Waals surface area contributed by atoms with Crippen LogP contribution in [0.3, 0.4) is 0 Å². The number of hydrogen-bond acceptors (Lipinski definition) is 7. The van der Waals surface area contributed by atoms with Crippen LogP contribution in [0.4, 0.5) is 0 Å². The lowest BCUT2D eigenvalue weighted by Crippen LogP contribution is -2.32. The molecule has 1 amide bonds. The van der Waals surface area contributed by atoms with Crippen molar-refractivity contribution in [3.63, 3.8) is 0 Å². The number of aldehydes is 1. The summed E-state index contributed by atoms with van der Waals surface area (Å²) in [7, 11) is 6.51. The number of carbonyl (C=O) groups excluding carboxylic acids is 3. The van der Waals surface area contributed by atoms with Crippen molar-refractivity contribution in [1.82, 2.24) is 14.7 Å². The fraction of sp³-hybridized carbons (Fsp3) is 0.767. The van der Waals surface area contributed by atoms with Gasteiger partial charge in [-0.05, 0) is 121 Å². The summed E-state index contributed by atoms with van der Waals surface area (Å²) in [5.41, 5.74) is 2.74. The second kappa shape index (κ2) is 35.3. The summed E-state index contributed by atoms with van der Waals surface area (Å²) in [6, 6.07) is 6.64. The van der Waals surface area contributed by atoms with Gasteiger partial charge >= 0.3 is 0 Å². The SMILES string of the molecule is CC.CC(=O)O.CCC(C)CC=O.CCC(C[C@@H](C)CCN(CCC(C)=O)C(C)=O)c1ccc2c(c1)CCO2.CCCCN(C)CCCCN(C)C. The Labute approximate surface area is 320 Å². The summed E-state index contributed by atoms with van der Waals surface area (Å²) in [6.07, 6.45) is 12.8. The zero-order valence-corrected chi connectivity index (χ0v) is 35.9. The molecular formula is C43H81N3O6. The maximum absolute atomic E-state index is 11.8. The molecule has 1 aromatic rings. The highest BCUT2D eigenvalue weighted by atomic mass is 16.5. The van der Waals surface area contributed by atoms with Crippen molar-refractivity contribution in [1.29, 1.82) is 0 Å². The molecule has 0 aliphatic carbocycles. The van der Waals surface area contributed by atoms with Crippen molar-refractivity contribution in [2.24, 2.45) is 11.8 Å². The third-order valence-electron chi connectivity index (χ3n) is 8.92. The number of unbranched alkanes of at least 4 members (excludes halogenated alkanes) is 2. The molecule has 0 spiro atoms. The number of ketones is 1. The van der Waals surface area contributed by atoms with E-state index in [1.165, 1.54) is 56.4 Å². The van der Waals surface area contributed by atoms with E-state index < -0.39 is 5.97 Å². The van der Waals surface area contributed by atoms with Crippen molar-refractivity contribution >= 4 is 23.9 Å². The Morgan fingerprint density at radius 1 is 0.865 bits per heavy atom. The molecule has 0 bridgehead atoms. The highest BCUT2D eigenvalue weighted by Gasteiger charge is 2.19. The molecule has 1 N–H and O–H groups in total. The van der Waals surface area contributed by atoms with Gasteiger partial charge < -0.3 is 29.3 Å². The van der Waals surface area contributed by atoms with Crippen LogP contribution in [-0.4, -0.2) is 104 Å². The second-order valence-corrected chi connectivity index (χ2v) is 14.3. The first-order valence-electron chi connectivity index (χ1n) is 20.1. The molecule has 2 rings (SSSR count). The number of carboxylic acid groups (broad SMARTS) is 1. The Kier molecular flexibility index (Phi) is 36.3. The van der Waals surface area contributed by atoms with E-state index in [2.05, 4.69) is 83.8 Å². The van der Waals surface area contributed by atoms with Crippen LogP contribution in [0.15, 0.2) is 18.2 Å². The van der Waals surface area contributed by atoms with Crippen LogP contribution in [0, 0.1) is 11.8 Å². The molecule has 9 nitrogen and oxygen atoms in total. The van der Waals surface area contributed by atoms with E-state index in [0.717, 1.165) is 70.6 Å². The predicted molar refractivity (Wildman–Crippen MR) is 220 cm³/mol. The van der Waals surface area contributed by atoms with E-state index in [1.807, 2.05) is 18.7 Å². The van der Waals surface area contributed by atoms with Gasteiger partial charge in [-0.2, -0.15) is 0 Å². The highest BCUT2D eigenvalue weighted by Crippen LogP contribution is 2.33. The van der Waals surface area contributed by atoms with E-state index in [-0.39, 0.29) is 11.7 Å². The number of aliphatic carboxylic acids is 1. The van der Waals surface area contributed by atoms with Crippen molar-refractivity contribution in [2.75, 3.05) is 60.5 Å². The molecule has 1 aliphatic rings. The van der Waals surface area contributed by atoms with Crippen LogP contribution in [0.25, 0.3) is 0 Å². The molecule has 0 aromatic heterocycles. The van der Waals surface area contributed by atoms with Gasteiger partial charge in [-0.3, -0.25) is 14.4 Å². The number of carboxylic acids is 1. The first-order chi connectivity index (χ1) is 24.6. The minimum atomic E-state index is -0.833. The standard InChI is InChI=1S/C22H33NO3.C11H26N2.C6H12O.C2H4O2.C2H6/c1-5-19(20-6-7-22-21(15-20)10-13-26-22)14-16(2)8-11-23(18(4)25)12-9-17(3)24;1-5-6-10-13(4)11-8-7-9-12(2)3;1-3-6(2)4-5-7;1-2(3)4;1-2/h6-7,15-16,19H,5,8-14H2,1-4H3;5-11H2,1-4H3;5-6H,3-4H2,1-2H3;1H3,(H,3,4);1-2H3/t16-,19?;;;;/m0..../s1. The third kappa shape index (κ3) is 31.9. The molecule has 0 saturated carbocycles. The highest BCUT2D eigenvalue weighted by molar-refractivity contribution is 5.77. The monoisotopic (exact) mass is 736 g/mol. The van der Waals surface area contributed by atoms with Gasteiger partial charge in [0.2, 0.25) is 5.91 Å². The van der Waals surface area contributed by atoms with Gasteiger partial charge in [-0.15, -0.1) is 0 Å². The molecular weight excluding hydrogens is 654 g/mol. The van der Waals surface area contributed by atoms with E-state index in [1.54, 1.807) is 13.8 Å². The van der Waals surface area contributed by atoms with E-state index >= 15 is 0 Å². The van der Waals surface area contributed by atoms with Crippen LogP contribution in [-0.2, 0) is 25.6 Å². The molecule has 1 heterocycles. The Bertz CT molecular complexity index is 1040. The van der Waals surface area contributed by atoms with Gasteiger partial charge in [0, 0.05) is 46.2 Å². The third-order valence-corrected chi connectivity index (χ3v) is 8.92. The first kappa shape index (κ1) is 53.6. The molecule has 9 heteroatoms. The average molecular weight is 736 g/mol. The largest absolute Gasteiger partial charge is 0.493 e. The Hall–Kier alpha value is -2.78. The van der Waals surface area contributed by atoms with Crippen LogP contribution >= 0.6 is 0 Å². The molecule has 0 radical (unpaired) electrons. The van der Waals surface area contributed by atoms with Crippen LogP contribution < -0.4 is 4.74 Å². The van der Waals surface area contributed by atoms with E-state index in [4.69, 9.17) is 14.6 Å². The summed E-state index contributed by atoms with van der Waals surface area (Å²) < 4.78 is 5.61. The number of Topliss-reactive ketones (excluding diaryl/α,β-unsaturated/α-hetero) is 1. The van der Waals surface area contributed by atoms with Crippen LogP contribution in [0.1, 0.15) is 150 Å². The van der Waals surface area contributed by atoms with E-state index in [0.29, 0.717) is 30.7 Å². The number of hydrogen-bond donors (Lipinski definition) is 1. The normalized spacial score (nSPS) is 12.8. The van der Waals surface area contributed by atoms with Crippen LogP contribution in [0.5, 0.6) is 5.75 Å². The topological polar surface area (TPSA) is 107 Å². The molecule has 52 heavy (non-hydrogen) atoms. The van der Waals surface area contributed by atoms with Crippen molar-refractivity contribution in [3.05, 3.63) is 29.3 Å². The fourth-order valence-corrected chi connectivity index (χ4v) is 5.38. The average Bonchev–Trinajstić information content (AvgIpc) is 3.57. The van der Waals surface area contributed by atoms with Gasteiger partial charge in [-0.1, -0.05) is 73.4 Å². The molecule has 0 saturated heterocycles. The van der Waals surface area contributed by atoms with Gasteiger partial charge in [-0.25, -0.2) is 0 Å². The van der Waals surface area contributed by atoms with Crippen molar-refractivity contribution in [3.8, 4) is 5.75 Å². The zero-order chi connectivity index (χ0) is 40.5. The molecule has 1 aliphatic heterocycles. The smallest absolute Gasteiger partial charge is 0.300 e. The molecule has 3 atom stereocenters. The first-order valence-corrected chi connectivity index (χ1v) is 20.1. The maximum Gasteiger partial charge on any atom is 0.300 e. The number of nitrogens with zero attached hydrogens (tertiary/aromatic N) is 3. The summed E-state index contributed by atoms with van der Waals surface area (Å²) in [5, 5.41) is 7.42. The van der Waals surface area contributed by atoms with Gasteiger partial charge in [0.15, 0.2) is 0 Å². The predicted octanol–water partition coefficient (Wildman–Crippen LogP) is 9.16.